The van der Waals surface area contributed by atoms with Crippen molar-refractivity contribution in [2.24, 2.45) is 0 Å². The Morgan fingerprint density at radius 1 is 0.923 bits per heavy atom. The van der Waals surface area contributed by atoms with Crippen molar-refractivity contribution in [2.75, 3.05) is 0 Å². The van der Waals surface area contributed by atoms with Crippen molar-refractivity contribution < 1.29 is 30.7 Å². The minimum absolute atomic E-state index is 0.121. The van der Waals surface area contributed by atoms with Gasteiger partial charge >= 0.3 is 23.7 Å². The topological polar surface area (TPSA) is 54.9 Å². The molecule has 0 bridgehead atoms. The van der Waals surface area contributed by atoms with Gasteiger partial charge in [0.2, 0.25) is 0 Å². The number of para-hydroxylation sites is 1. The van der Waals surface area contributed by atoms with Crippen molar-refractivity contribution in [2.45, 2.75) is 18.0 Å². The summed E-state index contributed by atoms with van der Waals surface area (Å²) in [6.07, 6.45) is -6.63. The molecule has 1 aromatic heterocycles. The fourth-order valence-electron chi connectivity index (χ4n) is 1.93. The van der Waals surface area contributed by atoms with E-state index >= 15 is 0 Å². The van der Waals surface area contributed by atoms with Crippen molar-refractivity contribution in [1.82, 2.24) is 9.55 Å². The Morgan fingerprint density at radius 2 is 1.42 bits per heavy atom. The molecule has 0 atom stereocenters. The summed E-state index contributed by atoms with van der Waals surface area (Å²) in [7, 11) is 0. The Labute approximate surface area is 148 Å². The Bertz CT molecular complexity index is 915. The van der Waals surface area contributed by atoms with Gasteiger partial charge in [0.05, 0.1) is 15.7 Å². The lowest BCUT2D eigenvalue weighted by Gasteiger charge is -2.27. The zero-order chi connectivity index (χ0) is 20.1. The summed E-state index contributed by atoms with van der Waals surface area (Å²) in [5, 5.41) is -0.546. The third-order valence-electron chi connectivity index (χ3n) is 3.18. The highest BCUT2D eigenvalue weighted by Crippen LogP contribution is 2.50. The van der Waals surface area contributed by atoms with Crippen molar-refractivity contribution in [1.29, 1.82) is 0 Å². The first-order valence-corrected chi connectivity index (χ1v) is 7.11. The van der Waals surface area contributed by atoms with E-state index < -0.39 is 40.7 Å². The smallest absolute Gasteiger partial charge is 0.305 e. The van der Waals surface area contributed by atoms with Crippen molar-refractivity contribution in [3.63, 3.8) is 0 Å². The van der Waals surface area contributed by atoms with E-state index in [9.17, 15) is 40.3 Å². The number of aromatic nitrogens is 2. The van der Waals surface area contributed by atoms with Crippen LogP contribution >= 0.6 is 23.2 Å². The third-order valence-corrected chi connectivity index (χ3v) is 3.79. The maximum Gasteiger partial charge on any atom is 0.460 e. The molecular weight excluding hydrogens is 420 g/mol. The van der Waals surface area contributed by atoms with Crippen LogP contribution in [0.3, 0.4) is 0 Å². The molecule has 13 heteroatoms. The van der Waals surface area contributed by atoms with E-state index in [2.05, 4.69) is 0 Å². The molecule has 1 N–H and O–H groups in total. The Morgan fingerprint density at radius 3 is 1.85 bits per heavy atom. The summed E-state index contributed by atoms with van der Waals surface area (Å²) >= 11 is 11.5. The maximum absolute atomic E-state index is 13.6. The summed E-state index contributed by atoms with van der Waals surface area (Å²) in [5.74, 6) is -12.4. The van der Waals surface area contributed by atoms with E-state index in [1.165, 1.54) is 18.2 Å². The van der Waals surface area contributed by atoms with Crippen LogP contribution in [-0.2, 0) is 5.92 Å². The van der Waals surface area contributed by atoms with Gasteiger partial charge in [-0.1, -0.05) is 29.3 Å². The van der Waals surface area contributed by atoms with Crippen LogP contribution in [-0.4, -0.2) is 21.6 Å². The molecule has 0 saturated heterocycles. The lowest BCUT2D eigenvalue weighted by Crippen LogP contribution is -2.51. The predicted molar refractivity (Wildman–Crippen MR) is 77.6 cm³/mol. The Balaban J connectivity index is 2.73. The second kappa shape index (κ2) is 6.31. The first-order chi connectivity index (χ1) is 11.7. The van der Waals surface area contributed by atoms with Gasteiger partial charge in [0, 0.05) is 6.07 Å². The molecule has 1 aromatic carbocycles. The summed E-state index contributed by atoms with van der Waals surface area (Å²) < 4.78 is 90.2. The fraction of sp³-hybridized carbons (Fsp3) is 0.231. The highest BCUT2D eigenvalue weighted by Gasteiger charge is 2.74. The molecule has 0 radical (unpaired) electrons. The second-order valence-corrected chi connectivity index (χ2v) is 5.69. The van der Waals surface area contributed by atoms with Crippen molar-refractivity contribution >= 4 is 23.2 Å². The van der Waals surface area contributed by atoms with Gasteiger partial charge in [0.25, 0.3) is 5.56 Å². The van der Waals surface area contributed by atoms with E-state index in [0.717, 1.165) is 4.98 Å². The Hall–Kier alpha value is -2.01. The molecule has 0 aliphatic heterocycles. The standard InChI is InChI=1S/C13H5Cl2F7N2O2/c14-5-2-1-3-6(15)9(5)24-8(25)4-7(23-10(24)26)11(16,17)12(18,19)13(20,21)22/h1-4H,(H,23,26). The molecule has 0 fully saturated rings. The van der Waals surface area contributed by atoms with E-state index in [4.69, 9.17) is 23.2 Å². The third kappa shape index (κ3) is 3.09. The molecule has 0 spiro atoms. The monoisotopic (exact) mass is 424 g/mol. The van der Waals surface area contributed by atoms with E-state index in [1.807, 2.05) is 0 Å². The highest BCUT2D eigenvalue weighted by atomic mass is 35.5. The molecule has 26 heavy (non-hydrogen) atoms. The maximum atomic E-state index is 13.6. The number of hydrogen-bond donors (Lipinski definition) is 1. The molecule has 1 heterocycles. The first kappa shape index (κ1) is 20.3. The number of nitrogens with one attached hydrogen (secondary N) is 1. The molecular formula is C13H5Cl2F7N2O2. The lowest BCUT2D eigenvalue weighted by molar-refractivity contribution is -0.360. The van der Waals surface area contributed by atoms with Crippen LogP contribution in [0.2, 0.25) is 10.0 Å². The van der Waals surface area contributed by atoms with Crippen LogP contribution < -0.4 is 11.2 Å². The minimum Gasteiger partial charge on any atom is -0.305 e. The highest BCUT2D eigenvalue weighted by molar-refractivity contribution is 6.37. The number of H-pyrrole nitrogens is 1. The van der Waals surface area contributed by atoms with Crippen molar-refractivity contribution in [3.8, 4) is 5.69 Å². The molecule has 0 aliphatic carbocycles. The first-order valence-electron chi connectivity index (χ1n) is 6.35. The largest absolute Gasteiger partial charge is 0.460 e. The molecule has 2 aromatic rings. The fourth-order valence-corrected chi connectivity index (χ4v) is 2.49. The van der Waals surface area contributed by atoms with Gasteiger partial charge < -0.3 is 4.98 Å². The molecule has 4 nitrogen and oxygen atoms in total. The van der Waals surface area contributed by atoms with Crippen LogP contribution in [0.1, 0.15) is 5.69 Å². The SMILES string of the molecule is O=c1cc(C(F)(F)C(F)(F)C(F)(F)F)[nH]c(=O)n1-c1c(Cl)cccc1Cl. The molecule has 0 unspecified atom stereocenters. The molecule has 2 rings (SSSR count). The summed E-state index contributed by atoms with van der Waals surface area (Å²) in [4.78, 5) is 25.0. The summed E-state index contributed by atoms with van der Waals surface area (Å²) in [5.41, 5.74) is -6.05. The van der Waals surface area contributed by atoms with Gasteiger partial charge in [-0.2, -0.15) is 30.7 Å². The van der Waals surface area contributed by atoms with Gasteiger partial charge in [-0.3, -0.25) is 4.79 Å². The van der Waals surface area contributed by atoms with Crippen LogP contribution in [0, 0.1) is 0 Å². The molecule has 0 aliphatic rings. The van der Waals surface area contributed by atoms with Crippen LogP contribution in [0.15, 0.2) is 33.9 Å². The number of rotatable bonds is 3. The zero-order valence-electron chi connectivity index (χ0n) is 12.0. The number of benzene rings is 1. The van der Waals surface area contributed by atoms with Crippen LogP contribution in [0.4, 0.5) is 30.7 Å². The number of halogens is 9. The van der Waals surface area contributed by atoms with E-state index in [-0.39, 0.29) is 20.7 Å². The Kier molecular flexibility index (Phi) is 4.92. The van der Waals surface area contributed by atoms with Gasteiger partial charge in [-0.25, -0.2) is 9.36 Å². The van der Waals surface area contributed by atoms with Gasteiger partial charge in [0.1, 0.15) is 5.69 Å². The molecule has 0 amide bonds. The summed E-state index contributed by atoms with van der Waals surface area (Å²) in [6, 6.07) is 3.41. The quantitative estimate of drug-likeness (QED) is 0.753. The van der Waals surface area contributed by atoms with Gasteiger partial charge in [-0.05, 0) is 12.1 Å². The zero-order valence-corrected chi connectivity index (χ0v) is 13.5. The van der Waals surface area contributed by atoms with E-state index in [0.29, 0.717) is 0 Å². The van der Waals surface area contributed by atoms with Crippen LogP contribution in [0.25, 0.3) is 5.69 Å². The number of alkyl halides is 7. The van der Waals surface area contributed by atoms with Crippen LogP contribution in [0.5, 0.6) is 0 Å². The number of aromatic amines is 1. The number of hydrogen-bond acceptors (Lipinski definition) is 2. The normalized spacial score (nSPS) is 13.1. The second-order valence-electron chi connectivity index (χ2n) is 4.88. The van der Waals surface area contributed by atoms with Crippen molar-refractivity contribution in [3.05, 3.63) is 60.8 Å². The minimum atomic E-state index is -6.63. The average molecular weight is 425 g/mol. The lowest BCUT2D eigenvalue weighted by atomic mass is 10.1. The summed E-state index contributed by atoms with van der Waals surface area (Å²) in [6.45, 7) is 0. The molecule has 0 saturated carbocycles. The van der Waals surface area contributed by atoms with Gasteiger partial charge in [-0.15, -0.1) is 0 Å². The van der Waals surface area contributed by atoms with Gasteiger partial charge in [0.15, 0.2) is 0 Å². The predicted octanol–water partition coefficient (Wildman–Crippen LogP) is 4.12. The average Bonchev–Trinajstić information content (AvgIpc) is 2.47. The van der Waals surface area contributed by atoms with E-state index in [1.54, 1.807) is 0 Å². The number of nitrogens with zero attached hydrogens (tertiary/aromatic N) is 1. The molecule has 142 valence electrons.